The predicted molar refractivity (Wildman–Crippen MR) is 259 cm³/mol. The lowest BCUT2D eigenvalue weighted by Gasteiger charge is -2.35. The van der Waals surface area contributed by atoms with Gasteiger partial charge >= 0.3 is 0 Å². The van der Waals surface area contributed by atoms with Crippen LogP contribution in [0.15, 0.2) is 231 Å². The van der Waals surface area contributed by atoms with Gasteiger partial charge in [-0.05, 0) is 79.9 Å². The Morgan fingerprint density at radius 1 is 0.323 bits per heavy atom. The average molecular weight is 807 g/mol. The van der Waals surface area contributed by atoms with Crippen LogP contribution < -0.4 is 0 Å². The molecule has 0 amide bonds. The Morgan fingerprint density at radius 2 is 0.839 bits per heavy atom. The molecule has 62 heavy (non-hydrogen) atoms. The topological polar surface area (TPSA) is 25.8 Å². The molecule has 0 N–H and O–H groups in total. The van der Waals surface area contributed by atoms with Crippen molar-refractivity contribution in [3.8, 4) is 67.3 Å². The molecule has 9 aromatic carbocycles. The number of hydrogen-bond acceptors (Lipinski definition) is 3. The van der Waals surface area contributed by atoms with E-state index in [9.17, 15) is 0 Å². The molecule has 0 fully saturated rings. The van der Waals surface area contributed by atoms with E-state index in [1.165, 1.54) is 70.2 Å². The molecule has 1 aliphatic carbocycles. The summed E-state index contributed by atoms with van der Waals surface area (Å²) in [6.45, 7) is 0. The maximum Gasteiger partial charge on any atom is 0.160 e. The van der Waals surface area contributed by atoms with Gasteiger partial charge in [0.2, 0.25) is 0 Å². The molecule has 0 atom stereocenters. The van der Waals surface area contributed by atoms with E-state index in [-0.39, 0.29) is 0 Å². The normalized spacial score (nSPS) is 12.6. The molecule has 0 radical (unpaired) electrons. The molecule has 0 saturated heterocycles. The van der Waals surface area contributed by atoms with E-state index < -0.39 is 5.41 Å². The van der Waals surface area contributed by atoms with Crippen LogP contribution >= 0.6 is 11.3 Å². The van der Waals surface area contributed by atoms with Crippen LogP contribution in [0.4, 0.5) is 0 Å². The Hall–Kier alpha value is -7.72. The SMILES string of the molecule is c1ccc(-c2nc(-c3ccc(-c4ccc5sc6ccccc6c5c4)cc3)cc(-c3ccc(-c4cccc5c4C(c4ccccc4)(c4ccccc4)c4ccccc4-5)cc3)n2)cc1. The van der Waals surface area contributed by atoms with Crippen molar-refractivity contribution >= 4 is 31.5 Å². The number of benzene rings is 9. The molecule has 2 heterocycles. The van der Waals surface area contributed by atoms with Gasteiger partial charge in [0.05, 0.1) is 16.8 Å². The molecule has 12 rings (SSSR count). The molecule has 3 heteroatoms. The fourth-order valence-corrected chi connectivity index (χ4v) is 10.8. The van der Waals surface area contributed by atoms with Crippen molar-refractivity contribution in [1.82, 2.24) is 9.97 Å². The van der Waals surface area contributed by atoms with E-state index in [1.54, 1.807) is 0 Å². The van der Waals surface area contributed by atoms with Crippen LogP contribution in [0.5, 0.6) is 0 Å². The first-order valence-corrected chi connectivity index (χ1v) is 22.0. The highest BCUT2D eigenvalue weighted by molar-refractivity contribution is 7.25. The fourth-order valence-electron chi connectivity index (χ4n) is 9.76. The number of rotatable bonds is 7. The van der Waals surface area contributed by atoms with E-state index in [0.717, 1.165) is 33.6 Å². The van der Waals surface area contributed by atoms with Crippen molar-refractivity contribution < 1.29 is 0 Å². The summed E-state index contributed by atoms with van der Waals surface area (Å²) < 4.78 is 2.63. The zero-order chi connectivity index (χ0) is 41.0. The number of hydrogen-bond donors (Lipinski definition) is 0. The second kappa shape index (κ2) is 14.8. The van der Waals surface area contributed by atoms with E-state index in [4.69, 9.17) is 9.97 Å². The monoisotopic (exact) mass is 806 g/mol. The Kier molecular flexibility index (Phi) is 8.62. The maximum atomic E-state index is 5.19. The van der Waals surface area contributed by atoms with Gasteiger partial charge in [0.15, 0.2) is 5.82 Å². The molecular formula is C59H38N2S. The average Bonchev–Trinajstić information content (AvgIpc) is 3.88. The molecule has 2 nitrogen and oxygen atoms in total. The lowest BCUT2D eigenvalue weighted by molar-refractivity contribution is 0.770. The van der Waals surface area contributed by atoms with E-state index in [1.807, 2.05) is 29.5 Å². The Balaban J connectivity index is 0.954. The van der Waals surface area contributed by atoms with Gasteiger partial charge in [0.25, 0.3) is 0 Å². The number of fused-ring (bicyclic) bond motifs is 6. The van der Waals surface area contributed by atoms with Crippen LogP contribution in [0.2, 0.25) is 0 Å². The van der Waals surface area contributed by atoms with Crippen LogP contribution in [0.25, 0.3) is 87.5 Å². The molecule has 0 bridgehead atoms. The Morgan fingerprint density at radius 3 is 1.53 bits per heavy atom. The standard InChI is InChI=1S/C59H38N2S/c1-4-15-43(16-5-1)58-60-53(41-31-27-39(28-32-41)44-35-36-56-51(37-44)49-22-11-13-26-55(49)62-56)38-54(61-58)42-33-29-40(30-34-42)47-23-14-24-50-48-21-10-12-25-52(48)59(57(47)50,45-17-6-2-7-18-45)46-19-8-3-9-20-46/h1-38H. The van der Waals surface area contributed by atoms with Gasteiger partial charge in [-0.3, -0.25) is 0 Å². The van der Waals surface area contributed by atoms with Crippen LogP contribution in [0.1, 0.15) is 22.3 Å². The summed E-state index contributed by atoms with van der Waals surface area (Å²) in [6.07, 6.45) is 0. The molecule has 0 unspecified atom stereocenters. The quantitative estimate of drug-likeness (QED) is 0.160. The summed E-state index contributed by atoms with van der Waals surface area (Å²) in [7, 11) is 0. The first-order valence-electron chi connectivity index (χ1n) is 21.1. The van der Waals surface area contributed by atoms with Gasteiger partial charge in [-0.1, -0.05) is 206 Å². The molecule has 0 saturated carbocycles. The predicted octanol–water partition coefficient (Wildman–Crippen LogP) is 15.5. The van der Waals surface area contributed by atoms with Gasteiger partial charge in [0, 0.05) is 36.9 Å². The third kappa shape index (κ3) is 5.85. The van der Waals surface area contributed by atoms with Crippen LogP contribution in [0.3, 0.4) is 0 Å². The summed E-state index contributed by atoms with van der Waals surface area (Å²) in [6, 6.07) is 83.5. The van der Waals surface area contributed by atoms with Crippen LogP contribution in [0, 0.1) is 0 Å². The summed E-state index contributed by atoms with van der Waals surface area (Å²) >= 11 is 1.85. The lowest BCUT2D eigenvalue weighted by Crippen LogP contribution is -2.29. The first-order chi connectivity index (χ1) is 30.7. The number of thiophene rings is 1. The van der Waals surface area contributed by atoms with Crippen molar-refractivity contribution in [2.75, 3.05) is 0 Å². The second-order valence-electron chi connectivity index (χ2n) is 16.0. The second-order valence-corrected chi connectivity index (χ2v) is 17.1. The summed E-state index contributed by atoms with van der Waals surface area (Å²) in [5.74, 6) is 0.704. The van der Waals surface area contributed by atoms with E-state index in [0.29, 0.717) is 5.82 Å². The third-order valence-electron chi connectivity index (χ3n) is 12.6. The van der Waals surface area contributed by atoms with E-state index >= 15 is 0 Å². The van der Waals surface area contributed by atoms with Crippen molar-refractivity contribution in [3.05, 3.63) is 253 Å². The first kappa shape index (κ1) is 36.2. The van der Waals surface area contributed by atoms with Crippen molar-refractivity contribution in [1.29, 1.82) is 0 Å². The minimum absolute atomic E-state index is 0.490. The van der Waals surface area contributed by atoms with Gasteiger partial charge in [-0.2, -0.15) is 0 Å². The smallest absolute Gasteiger partial charge is 0.160 e. The summed E-state index contributed by atoms with van der Waals surface area (Å²) in [5, 5.41) is 2.62. The van der Waals surface area contributed by atoms with Gasteiger partial charge < -0.3 is 0 Å². The largest absolute Gasteiger partial charge is 0.228 e. The molecule has 11 aromatic rings. The van der Waals surface area contributed by atoms with Crippen molar-refractivity contribution in [2.45, 2.75) is 5.41 Å². The van der Waals surface area contributed by atoms with Crippen LogP contribution in [-0.2, 0) is 5.41 Å². The minimum Gasteiger partial charge on any atom is -0.228 e. The van der Waals surface area contributed by atoms with Gasteiger partial charge in [0.1, 0.15) is 0 Å². The van der Waals surface area contributed by atoms with Crippen LogP contribution in [-0.4, -0.2) is 9.97 Å². The highest BCUT2D eigenvalue weighted by atomic mass is 32.1. The third-order valence-corrected chi connectivity index (χ3v) is 13.8. The zero-order valence-corrected chi connectivity index (χ0v) is 34.6. The molecule has 0 aliphatic heterocycles. The zero-order valence-electron chi connectivity index (χ0n) is 33.7. The molecule has 290 valence electrons. The van der Waals surface area contributed by atoms with Gasteiger partial charge in [-0.25, -0.2) is 9.97 Å². The molecule has 1 aliphatic rings. The maximum absolute atomic E-state index is 5.19. The molecule has 2 aromatic heterocycles. The summed E-state index contributed by atoms with van der Waals surface area (Å²) in [4.78, 5) is 10.4. The minimum atomic E-state index is -0.490. The Labute approximate surface area is 365 Å². The number of aromatic nitrogens is 2. The number of nitrogens with zero attached hydrogens (tertiary/aromatic N) is 2. The highest BCUT2D eigenvalue weighted by Gasteiger charge is 2.47. The molecular weight excluding hydrogens is 769 g/mol. The van der Waals surface area contributed by atoms with Crippen molar-refractivity contribution in [3.63, 3.8) is 0 Å². The summed E-state index contributed by atoms with van der Waals surface area (Å²) in [5.41, 5.74) is 16.8. The lowest BCUT2D eigenvalue weighted by atomic mass is 9.66. The van der Waals surface area contributed by atoms with E-state index in [2.05, 4.69) is 212 Å². The Bertz CT molecular complexity index is 3390. The van der Waals surface area contributed by atoms with Gasteiger partial charge in [-0.15, -0.1) is 11.3 Å². The molecule has 0 spiro atoms. The van der Waals surface area contributed by atoms with Crippen molar-refractivity contribution in [2.24, 2.45) is 0 Å². The fraction of sp³-hybridized carbons (Fsp3) is 0.0169. The highest BCUT2D eigenvalue weighted by Crippen LogP contribution is 2.58.